The largest absolute Gasteiger partial charge is 0.421 e. The van der Waals surface area contributed by atoms with E-state index in [0.29, 0.717) is 35.9 Å². The Kier molecular flexibility index (Phi) is 6.90. The Balaban J connectivity index is 1.55. The molecule has 0 spiro atoms. The molecule has 4 rings (SSSR count). The molecule has 1 aromatic carbocycles. The van der Waals surface area contributed by atoms with Crippen LogP contribution in [0.2, 0.25) is 0 Å². The highest BCUT2D eigenvalue weighted by Crippen LogP contribution is 2.38. The van der Waals surface area contributed by atoms with E-state index in [1.54, 1.807) is 25.1 Å². The maximum atomic E-state index is 13.7. The summed E-state index contributed by atoms with van der Waals surface area (Å²) in [7, 11) is -1.33. The van der Waals surface area contributed by atoms with Crippen molar-refractivity contribution >= 4 is 28.4 Å². The van der Waals surface area contributed by atoms with Crippen LogP contribution in [0.4, 0.5) is 30.6 Å². The summed E-state index contributed by atoms with van der Waals surface area (Å²) in [5, 5.41) is 13.4. The Hall–Kier alpha value is -2.24. The highest BCUT2D eigenvalue weighted by molar-refractivity contribution is 7.83. The number of alkyl halides is 3. The topological polar surface area (TPSA) is 90.4 Å². The molecule has 1 aliphatic heterocycles. The van der Waals surface area contributed by atoms with Gasteiger partial charge in [-0.2, -0.15) is 18.2 Å². The molecule has 34 heavy (non-hydrogen) atoms. The quantitative estimate of drug-likeness (QED) is 0.551. The second-order valence-corrected chi connectivity index (χ2v) is 11.0. The second kappa shape index (κ2) is 9.43. The van der Waals surface area contributed by atoms with Crippen LogP contribution >= 0.6 is 0 Å². The average molecular weight is 498 g/mol. The number of rotatable bonds is 6. The standard InChI is InChI=1S/C23H30F3N5O2S/c1-14-9-16(10-14)30-34(33)17-5-6-19(15(2)11-17)28-21-27-12-18(23(24,25)26)20(29-21)31-8-4-7-22(3,32)13-31/h5-6,11-12,14,16,30,32H,4,7-10,13H2,1-3H3,(H,27,28,29). The van der Waals surface area contributed by atoms with Crippen LogP contribution in [0, 0.1) is 12.8 Å². The molecule has 2 aromatic rings. The molecule has 1 aromatic heterocycles. The van der Waals surface area contributed by atoms with Crippen LogP contribution in [-0.4, -0.2) is 44.0 Å². The molecule has 2 atom stereocenters. The molecule has 2 heterocycles. The summed E-state index contributed by atoms with van der Waals surface area (Å²) in [4.78, 5) is 10.2. The number of anilines is 3. The first-order chi connectivity index (χ1) is 15.9. The number of aryl methyl sites for hydroxylation is 1. The molecule has 2 fully saturated rings. The molecule has 1 saturated heterocycles. The van der Waals surface area contributed by atoms with Crippen molar-refractivity contribution in [3.05, 3.63) is 35.5 Å². The summed E-state index contributed by atoms with van der Waals surface area (Å²) >= 11 is 0. The van der Waals surface area contributed by atoms with Crippen molar-refractivity contribution in [2.45, 2.75) is 69.2 Å². The first-order valence-corrected chi connectivity index (χ1v) is 12.5. The minimum atomic E-state index is -4.62. The van der Waals surface area contributed by atoms with Gasteiger partial charge in [0.25, 0.3) is 0 Å². The van der Waals surface area contributed by atoms with Crippen LogP contribution in [0.3, 0.4) is 0 Å². The number of benzene rings is 1. The molecule has 186 valence electrons. The zero-order valence-electron chi connectivity index (χ0n) is 19.4. The van der Waals surface area contributed by atoms with Crippen molar-refractivity contribution in [2.24, 2.45) is 5.92 Å². The molecule has 2 unspecified atom stereocenters. The number of nitrogens with one attached hydrogen (secondary N) is 2. The smallest absolute Gasteiger partial charge is 0.388 e. The van der Waals surface area contributed by atoms with Crippen LogP contribution in [0.15, 0.2) is 29.3 Å². The molecular weight excluding hydrogens is 467 g/mol. The van der Waals surface area contributed by atoms with Gasteiger partial charge in [0.05, 0.1) is 10.5 Å². The maximum absolute atomic E-state index is 13.7. The molecule has 7 nitrogen and oxygen atoms in total. The van der Waals surface area contributed by atoms with Crippen molar-refractivity contribution in [3.63, 3.8) is 0 Å². The minimum absolute atomic E-state index is 0.0202. The second-order valence-electron chi connectivity index (χ2n) is 9.71. The number of hydrogen-bond acceptors (Lipinski definition) is 6. The third kappa shape index (κ3) is 5.69. The highest BCUT2D eigenvalue weighted by atomic mass is 32.2. The van der Waals surface area contributed by atoms with Gasteiger partial charge in [0.1, 0.15) is 22.4 Å². The summed E-state index contributed by atoms with van der Waals surface area (Å²) in [6.45, 7) is 6.01. The Morgan fingerprint density at radius 2 is 2.03 bits per heavy atom. The first-order valence-electron chi connectivity index (χ1n) is 11.4. The lowest BCUT2D eigenvalue weighted by Gasteiger charge is -2.38. The zero-order valence-corrected chi connectivity index (χ0v) is 20.3. The summed E-state index contributed by atoms with van der Waals surface area (Å²) in [6, 6.07) is 5.47. The lowest BCUT2D eigenvalue weighted by molar-refractivity contribution is -0.137. The Labute approximate surface area is 199 Å². The predicted molar refractivity (Wildman–Crippen MR) is 125 cm³/mol. The van der Waals surface area contributed by atoms with Crippen LogP contribution < -0.4 is 14.9 Å². The number of halogens is 3. The molecule has 2 aliphatic rings. The summed E-state index contributed by atoms with van der Waals surface area (Å²) in [5.74, 6) is 0.415. The molecule has 0 bridgehead atoms. The van der Waals surface area contributed by atoms with Crippen LogP contribution in [-0.2, 0) is 17.2 Å². The van der Waals surface area contributed by atoms with E-state index in [1.165, 1.54) is 4.90 Å². The first kappa shape index (κ1) is 24.9. The van der Waals surface area contributed by atoms with Gasteiger partial charge in [-0.05, 0) is 69.2 Å². The molecule has 0 amide bonds. The van der Waals surface area contributed by atoms with Gasteiger partial charge in [0.15, 0.2) is 0 Å². The van der Waals surface area contributed by atoms with E-state index >= 15 is 0 Å². The molecular formula is C23H30F3N5O2S. The number of piperidine rings is 1. The highest BCUT2D eigenvalue weighted by Gasteiger charge is 2.39. The Bertz CT molecular complexity index is 1070. The lowest BCUT2D eigenvalue weighted by atomic mass is 9.83. The zero-order chi connectivity index (χ0) is 24.7. The van der Waals surface area contributed by atoms with Crippen molar-refractivity contribution in [2.75, 3.05) is 23.3 Å². The van der Waals surface area contributed by atoms with E-state index in [9.17, 15) is 22.5 Å². The van der Waals surface area contributed by atoms with Gasteiger partial charge in [-0.3, -0.25) is 0 Å². The van der Waals surface area contributed by atoms with E-state index in [4.69, 9.17) is 0 Å². The van der Waals surface area contributed by atoms with Crippen LogP contribution in [0.25, 0.3) is 0 Å². The van der Waals surface area contributed by atoms with Crippen molar-refractivity contribution in [3.8, 4) is 0 Å². The normalized spacial score (nSPS) is 26.1. The fourth-order valence-electron chi connectivity index (χ4n) is 4.51. The van der Waals surface area contributed by atoms with Gasteiger partial charge in [-0.15, -0.1) is 0 Å². The third-order valence-electron chi connectivity index (χ3n) is 6.35. The van der Waals surface area contributed by atoms with E-state index in [1.807, 2.05) is 6.92 Å². The third-order valence-corrected chi connectivity index (χ3v) is 7.58. The van der Waals surface area contributed by atoms with Gasteiger partial charge < -0.3 is 15.3 Å². The summed E-state index contributed by atoms with van der Waals surface area (Å²) in [5.41, 5.74) is -0.655. The number of nitrogens with zero attached hydrogens (tertiary/aromatic N) is 3. The van der Waals surface area contributed by atoms with E-state index in [-0.39, 0.29) is 24.4 Å². The monoisotopic (exact) mass is 497 g/mol. The molecule has 11 heteroatoms. The molecule has 1 saturated carbocycles. The van der Waals surface area contributed by atoms with Gasteiger partial charge in [-0.25, -0.2) is 13.9 Å². The SMILES string of the molecule is Cc1cc(S(=O)NC2CC(C)C2)ccc1Nc1ncc(C(F)(F)F)c(N2CCCC(C)(O)C2)n1. The van der Waals surface area contributed by atoms with E-state index in [2.05, 4.69) is 26.9 Å². The van der Waals surface area contributed by atoms with Crippen molar-refractivity contribution < 1.29 is 22.5 Å². The fourth-order valence-corrected chi connectivity index (χ4v) is 5.61. The summed E-state index contributed by atoms with van der Waals surface area (Å²) in [6.07, 6.45) is -0.764. The van der Waals surface area contributed by atoms with E-state index < -0.39 is 28.3 Å². The van der Waals surface area contributed by atoms with Gasteiger partial charge in [0.2, 0.25) is 5.95 Å². The van der Waals surface area contributed by atoms with Crippen LogP contribution in [0.5, 0.6) is 0 Å². The Morgan fingerprint density at radius 1 is 1.29 bits per heavy atom. The van der Waals surface area contributed by atoms with Crippen molar-refractivity contribution in [1.82, 2.24) is 14.7 Å². The number of hydrogen-bond donors (Lipinski definition) is 3. The van der Waals surface area contributed by atoms with E-state index in [0.717, 1.165) is 24.6 Å². The van der Waals surface area contributed by atoms with Gasteiger partial charge >= 0.3 is 6.18 Å². The molecule has 1 aliphatic carbocycles. The minimum Gasteiger partial charge on any atom is -0.388 e. The maximum Gasteiger partial charge on any atom is 0.421 e. The van der Waals surface area contributed by atoms with Gasteiger partial charge in [-0.1, -0.05) is 6.92 Å². The number of β-amino-alcohol motifs (C(OH)–C–C–N with tert-alkyl or cyclic N) is 1. The molecule has 3 N–H and O–H groups in total. The molecule has 0 radical (unpaired) electrons. The predicted octanol–water partition coefficient (Wildman–Crippen LogP) is 4.31. The summed E-state index contributed by atoms with van der Waals surface area (Å²) < 4.78 is 56.7. The number of aliphatic hydroxyl groups is 1. The van der Waals surface area contributed by atoms with Crippen molar-refractivity contribution in [1.29, 1.82) is 0 Å². The average Bonchev–Trinajstić information content (AvgIpc) is 2.72. The van der Waals surface area contributed by atoms with Crippen LogP contribution in [0.1, 0.15) is 50.7 Å². The Morgan fingerprint density at radius 3 is 2.65 bits per heavy atom. The van der Waals surface area contributed by atoms with Gasteiger partial charge in [0, 0.05) is 31.0 Å². The number of aromatic nitrogens is 2. The fraction of sp³-hybridized carbons (Fsp3) is 0.565. The lowest BCUT2D eigenvalue weighted by Crippen LogP contribution is -2.47.